The number of allylic oxidation sites excluding steroid dienone is 3. The summed E-state index contributed by atoms with van der Waals surface area (Å²) in [7, 11) is 0. The van der Waals surface area contributed by atoms with Crippen molar-refractivity contribution in [2.24, 2.45) is 46.1 Å². The van der Waals surface area contributed by atoms with Crippen molar-refractivity contribution in [2.75, 3.05) is 6.54 Å². The van der Waals surface area contributed by atoms with Crippen molar-refractivity contribution in [1.29, 1.82) is 0 Å². The van der Waals surface area contributed by atoms with Crippen LogP contribution in [0, 0.1) is 40.9 Å². The summed E-state index contributed by atoms with van der Waals surface area (Å²) in [5.74, 6) is 3.23. The van der Waals surface area contributed by atoms with Crippen molar-refractivity contribution in [2.45, 2.75) is 103 Å². The fourth-order valence-corrected chi connectivity index (χ4v) is 10.5. The number of carbonyl (C=O) groups is 1. The Kier molecular flexibility index (Phi) is 7.07. The van der Waals surface area contributed by atoms with Gasteiger partial charge in [-0.05, 0) is 105 Å². The molecule has 1 N–H and O–H groups in total. The predicted molar refractivity (Wildman–Crippen MR) is 163 cm³/mol. The number of amides is 1. The Hall–Kier alpha value is -2.60. The van der Waals surface area contributed by atoms with Crippen LogP contribution in [0.25, 0.3) is 0 Å². The van der Waals surface area contributed by atoms with Gasteiger partial charge in [0.25, 0.3) is 0 Å². The number of benzene rings is 1. The maximum absolute atomic E-state index is 13.5. The minimum atomic E-state index is -0.216. The summed E-state index contributed by atoms with van der Waals surface area (Å²) in [6.07, 6.45) is 13.1. The second-order valence-corrected chi connectivity index (χ2v) is 14.9. The molecule has 2 aliphatic heterocycles. The van der Waals surface area contributed by atoms with Gasteiger partial charge in [-0.1, -0.05) is 73.5 Å². The van der Waals surface area contributed by atoms with Crippen LogP contribution in [0.5, 0.6) is 0 Å². The van der Waals surface area contributed by atoms with Gasteiger partial charge in [-0.25, -0.2) is 4.79 Å². The molecule has 1 aromatic carbocycles. The highest BCUT2D eigenvalue weighted by Crippen LogP contribution is 2.64. The van der Waals surface area contributed by atoms with Crippen molar-refractivity contribution in [1.82, 2.24) is 4.90 Å². The molecule has 226 valence electrons. The van der Waals surface area contributed by atoms with E-state index in [0.717, 1.165) is 43.5 Å². The first-order valence-corrected chi connectivity index (χ1v) is 16.5. The largest absolute Gasteiger partial charge is 0.445 e. The predicted octanol–water partition coefficient (Wildman–Crippen LogP) is 7.77. The molecule has 6 nitrogen and oxygen atoms in total. The third kappa shape index (κ3) is 4.46. The lowest BCUT2D eigenvalue weighted by atomic mass is 9.54. The number of rotatable bonds is 2. The van der Waals surface area contributed by atoms with E-state index >= 15 is 0 Å². The van der Waals surface area contributed by atoms with E-state index in [9.17, 15) is 10.0 Å². The first kappa shape index (κ1) is 28.2. The minimum absolute atomic E-state index is 0.0667. The summed E-state index contributed by atoms with van der Waals surface area (Å²) in [4.78, 5) is 15.5. The average molecular weight is 573 g/mol. The molecule has 4 aliphatic carbocycles. The van der Waals surface area contributed by atoms with Gasteiger partial charge in [0.15, 0.2) is 0 Å². The van der Waals surface area contributed by atoms with Crippen molar-refractivity contribution >= 4 is 11.8 Å². The summed E-state index contributed by atoms with van der Waals surface area (Å²) in [6, 6.07) is 10.0. The smallest absolute Gasteiger partial charge is 0.410 e. The Morgan fingerprint density at radius 2 is 1.98 bits per heavy atom. The monoisotopic (exact) mass is 572 g/mol. The molecule has 0 aromatic heterocycles. The van der Waals surface area contributed by atoms with Crippen LogP contribution in [-0.4, -0.2) is 46.2 Å². The molecule has 1 spiro atoms. The fourth-order valence-electron chi connectivity index (χ4n) is 10.5. The van der Waals surface area contributed by atoms with E-state index in [4.69, 9.17) is 9.47 Å². The third-order valence-electron chi connectivity index (χ3n) is 12.7. The molecule has 0 bridgehead atoms. The van der Waals surface area contributed by atoms with Crippen LogP contribution in [-0.2, 0) is 16.1 Å². The standard InChI is InChI=1S/C36H48N2O4/c1-22-16-32-33(38(20-22)34(39)41-21-25-8-6-5-7-9-25)24(3)36(42-32)15-13-28-29-11-10-26-17-27(37-40)12-14-35(26,4)31(29)18-30(28)23(2)19-36/h5-9,12,14,22,24,26,28-29,31-33,40H,10-11,13,15-21H2,1-4H3/t22-,24+,26+,28-,29-,31-,32+,33-,35-,36-/m0/s1. The summed E-state index contributed by atoms with van der Waals surface area (Å²) >= 11 is 0. The number of carbonyl (C=O) groups excluding carboxylic acids is 1. The number of fused-ring (bicyclic) bond motifs is 6. The van der Waals surface area contributed by atoms with Crippen molar-refractivity contribution in [3.05, 3.63) is 59.2 Å². The number of oxime groups is 1. The van der Waals surface area contributed by atoms with E-state index in [0.29, 0.717) is 36.2 Å². The van der Waals surface area contributed by atoms with Crippen LogP contribution in [0.4, 0.5) is 4.79 Å². The zero-order valence-corrected chi connectivity index (χ0v) is 25.8. The topological polar surface area (TPSA) is 71.4 Å². The first-order valence-electron chi connectivity index (χ1n) is 16.5. The molecule has 10 atom stereocenters. The van der Waals surface area contributed by atoms with E-state index in [1.165, 1.54) is 25.7 Å². The number of likely N-dealkylation sites (tertiary alicyclic amines) is 1. The lowest BCUT2D eigenvalue weighted by molar-refractivity contribution is -0.0788. The summed E-state index contributed by atoms with van der Waals surface area (Å²) in [5, 5.41) is 13.0. The minimum Gasteiger partial charge on any atom is -0.445 e. The molecular formula is C36H48N2O4. The van der Waals surface area contributed by atoms with Crippen LogP contribution < -0.4 is 0 Å². The first-order chi connectivity index (χ1) is 20.2. The Bertz CT molecular complexity index is 1300. The summed E-state index contributed by atoms with van der Waals surface area (Å²) in [6.45, 7) is 10.5. The van der Waals surface area contributed by atoms with Gasteiger partial charge in [0.1, 0.15) is 6.61 Å². The molecule has 0 radical (unpaired) electrons. The molecule has 1 aromatic rings. The van der Waals surface area contributed by atoms with Crippen LogP contribution in [0.3, 0.4) is 0 Å². The van der Waals surface area contributed by atoms with Gasteiger partial charge < -0.3 is 19.6 Å². The molecular weight excluding hydrogens is 524 g/mol. The Labute approximate surface area is 251 Å². The highest BCUT2D eigenvalue weighted by molar-refractivity contribution is 5.95. The van der Waals surface area contributed by atoms with Crippen LogP contribution in [0.2, 0.25) is 0 Å². The highest BCUT2D eigenvalue weighted by atomic mass is 16.6. The van der Waals surface area contributed by atoms with Crippen LogP contribution in [0.15, 0.2) is 58.8 Å². The van der Waals surface area contributed by atoms with Crippen LogP contribution >= 0.6 is 0 Å². The maximum Gasteiger partial charge on any atom is 0.410 e. The molecule has 2 heterocycles. The number of piperidine rings is 1. The van der Waals surface area contributed by atoms with Gasteiger partial charge in [-0.2, -0.15) is 0 Å². The van der Waals surface area contributed by atoms with Crippen molar-refractivity contribution in [3.63, 3.8) is 0 Å². The zero-order chi connectivity index (χ0) is 29.2. The number of ether oxygens (including phenoxy) is 2. The van der Waals surface area contributed by atoms with Gasteiger partial charge in [0.05, 0.1) is 23.5 Å². The second-order valence-electron chi connectivity index (χ2n) is 14.9. The maximum atomic E-state index is 13.5. The van der Waals surface area contributed by atoms with Gasteiger partial charge in [-0.3, -0.25) is 0 Å². The van der Waals surface area contributed by atoms with Crippen molar-refractivity contribution in [3.8, 4) is 0 Å². The lowest BCUT2D eigenvalue weighted by Crippen LogP contribution is -2.54. The summed E-state index contributed by atoms with van der Waals surface area (Å²) in [5.41, 5.74) is 5.06. The molecule has 2 saturated carbocycles. The zero-order valence-electron chi connectivity index (χ0n) is 25.8. The number of hydrogen-bond acceptors (Lipinski definition) is 5. The Balaban J connectivity index is 1.12. The lowest BCUT2D eigenvalue weighted by Gasteiger charge is -2.50. The van der Waals surface area contributed by atoms with E-state index in [1.54, 1.807) is 11.1 Å². The average Bonchev–Trinajstić information content (AvgIpc) is 3.45. The van der Waals surface area contributed by atoms with Gasteiger partial charge in [0.2, 0.25) is 0 Å². The molecule has 4 fully saturated rings. The highest BCUT2D eigenvalue weighted by Gasteiger charge is 2.60. The van der Waals surface area contributed by atoms with Crippen molar-refractivity contribution < 1.29 is 19.5 Å². The molecule has 0 unspecified atom stereocenters. The molecule has 42 heavy (non-hydrogen) atoms. The number of nitrogens with zero attached hydrogens (tertiary/aromatic N) is 2. The molecule has 6 heteroatoms. The molecule has 7 rings (SSSR count). The van der Waals surface area contributed by atoms with E-state index in [1.807, 2.05) is 35.2 Å². The van der Waals surface area contributed by atoms with E-state index in [-0.39, 0.29) is 35.2 Å². The molecule has 2 saturated heterocycles. The van der Waals surface area contributed by atoms with Gasteiger partial charge >= 0.3 is 6.09 Å². The Morgan fingerprint density at radius 3 is 2.76 bits per heavy atom. The van der Waals surface area contributed by atoms with Crippen LogP contribution in [0.1, 0.15) is 84.6 Å². The fraction of sp³-hybridized carbons (Fsp3) is 0.667. The molecule has 1 amide bonds. The Morgan fingerprint density at radius 1 is 1.17 bits per heavy atom. The van der Waals surface area contributed by atoms with Gasteiger partial charge in [-0.15, -0.1) is 0 Å². The van der Waals surface area contributed by atoms with E-state index in [2.05, 4.69) is 45.0 Å². The van der Waals surface area contributed by atoms with Gasteiger partial charge in [0, 0.05) is 12.5 Å². The normalized spacial score (nSPS) is 43.5. The van der Waals surface area contributed by atoms with E-state index < -0.39 is 0 Å². The quantitative estimate of drug-likeness (QED) is 0.223. The number of hydrogen-bond donors (Lipinski definition) is 1. The SMILES string of the molecule is CC1=C2C[C@H]3[C@@H](CC[C@@H]4CC(=NO)C=C[C@@]43C)[C@@H]2CC[C@@]2(C1)O[C@@H]1C[C@H](C)CN(C(=O)OCc3ccccc3)[C@H]1[C@H]2C. The molecule has 6 aliphatic rings. The third-order valence-corrected chi connectivity index (χ3v) is 12.7. The second kappa shape index (κ2) is 10.5. The summed E-state index contributed by atoms with van der Waals surface area (Å²) < 4.78 is 13.0.